The number of carbonyl (C=O) groups excluding carboxylic acids is 1. The fourth-order valence-electron chi connectivity index (χ4n) is 2.12. The SMILES string of the molecule is CC(C)(C)NCC1CCCCN1CC(N)=O. The summed E-state index contributed by atoms with van der Waals surface area (Å²) >= 11 is 0. The number of carbonyl (C=O) groups is 1. The molecule has 0 radical (unpaired) electrons. The molecule has 1 heterocycles. The van der Waals surface area contributed by atoms with Crippen LogP contribution in [0.4, 0.5) is 0 Å². The largest absolute Gasteiger partial charge is 0.369 e. The van der Waals surface area contributed by atoms with Gasteiger partial charge in [0.1, 0.15) is 0 Å². The van der Waals surface area contributed by atoms with Crippen molar-refractivity contribution in [3.63, 3.8) is 0 Å². The quantitative estimate of drug-likeness (QED) is 0.744. The van der Waals surface area contributed by atoms with Crippen LogP contribution < -0.4 is 11.1 Å². The van der Waals surface area contributed by atoms with Gasteiger partial charge in [0, 0.05) is 18.1 Å². The van der Waals surface area contributed by atoms with E-state index in [9.17, 15) is 4.79 Å². The molecule has 1 rings (SSSR count). The molecule has 1 amide bonds. The van der Waals surface area contributed by atoms with Crippen LogP contribution in [-0.2, 0) is 4.79 Å². The normalized spacial score (nSPS) is 23.3. The summed E-state index contributed by atoms with van der Waals surface area (Å²) in [5.74, 6) is -0.220. The molecule has 0 spiro atoms. The van der Waals surface area contributed by atoms with E-state index in [2.05, 4.69) is 31.0 Å². The number of nitrogens with zero attached hydrogens (tertiary/aromatic N) is 1. The molecule has 1 fully saturated rings. The Balaban J connectivity index is 2.44. The third-order valence-electron chi connectivity index (χ3n) is 2.98. The van der Waals surface area contributed by atoms with E-state index in [1.807, 2.05) is 0 Å². The minimum atomic E-state index is -0.220. The lowest BCUT2D eigenvalue weighted by Crippen LogP contribution is -2.51. The van der Waals surface area contributed by atoms with Gasteiger partial charge in [0.05, 0.1) is 6.54 Å². The van der Waals surface area contributed by atoms with E-state index in [4.69, 9.17) is 5.73 Å². The monoisotopic (exact) mass is 227 g/mol. The zero-order valence-electron chi connectivity index (χ0n) is 10.8. The maximum Gasteiger partial charge on any atom is 0.231 e. The van der Waals surface area contributed by atoms with Crippen LogP contribution in [0, 0.1) is 0 Å². The highest BCUT2D eigenvalue weighted by molar-refractivity contribution is 5.75. The first-order valence-electron chi connectivity index (χ1n) is 6.16. The van der Waals surface area contributed by atoms with Gasteiger partial charge in [-0.1, -0.05) is 6.42 Å². The van der Waals surface area contributed by atoms with Gasteiger partial charge in [-0.25, -0.2) is 0 Å². The lowest BCUT2D eigenvalue weighted by atomic mass is 10.0. The Morgan fingerprint density at radius 1 is 1.44 bits per heavy atom. The van der Waals surface area contributed by atoms with E-state index in [1.165, 1.54) is 12.8 Å². The Kier molecular flexibility index (Phi) is 4.74. The van der Waals surface area contributed by atoms with Gasteiger partial charge >= 0.3 is 0 Å². The van der Waals surface area contributed by atoms with Crippen molar-refractivity contribution in [3.05, 3.63) is 0 Å². The first-order valence-corrected chi connectivity index (χ1v) is 6.16. The maximum absolute atomic E-state index is 11.0. The Hall–Kier alpha value is -0.610. The average molecular weight is 227 g/mol. The summed E-state index contributed by atoms with van der Waals surface area (Å²) in [6.45, 7) is 8.82. The number of nitrogens with two attached hydrogens (primary N) is 1. The van der Waals surface area contributed by atoms with Crippen LogP contribution in [0.25, 0.3) is 0 Å². The van der Waals surface area contributed by atoms with Gasteiger partial charge in [-0.3, -0.25) is 9.69 Å². The van der Waals surface area contributed by atoms with Crippen molar-refractivity contribution in [1.29, 1.82) is 0 Å². The number of hydrogen-bond donors (Lipinski definition) is 2. The van der Waals surface area contributed by atoms with Crippen LogP contribution >= 0.6 is 0 Å². The second-order valence-electron chi connectivity index (χ2n) is 5.72. The van der Waals surface area contributed by atoms with Gasteiger partial charge in [0.15, 0.2) is 0 Å². The van der Waals surface area contributed by atoms with Gasteiger partial charge in [-0.05, 0) is 40.2 Å². The molecule has 0 aromatic rings. The highest BCUT2D eigenvalue weighted by Gasteiger charge is 2.24. The van der Waals surface area contributed by atoms with Crippen LogP contribution in [-0.4, -0.2) is 42.0 Å². The Morgan fingerprint density at radius 2 is 2.12 bits per heavy atom. The molecule has 16 heavy (non-hydrogen) atoms. The predicted octanol–water partition coefficient (Wildman–Crippen LogP) is 0.714. The van der Waals surface area contributed by atoms with E-state index in [0.29, 0.717) is 12.6 Å². The van der Waals surface area contributed by atoms with Crippen molar-refractivity contribution in [2.75, 3.05) is 19.6 Å². The summed E-state index contributed by atoms with van der Waals surface area (Å²) in [6, 6.07) is 0.459. The smallest absolute Gasteiger partial charge is 0.231 e. The van der Waals surface area contributed by atoms with Crippen LogP contribution in [0.2, 0.25) is 0 Å². The Labute approximate surface area is 98.6 Å². The minimum absolute atomic E-state index is 0.135. The zero-order valence-corrected chi connectivity index (χ0v) is 10.8. The number of amides is 1. The van der Waals surface area contributed by atoms with Crippen LogP contribution in [0.15, 0.2) is 0 Å². The van der Waals surface area contributed by atoms with E-state index in [0.717, 1.165) is 19.5 Å². The van der Waals surface area contributed by atoms with Crippen molar-refractivity contribution in [2.24, 2.45) is 5.73 Å². The zero-order chi connectivity index (χ0) is 12.2. The summed E-state index contributed by atoms with van der Waals surface area (Å²) in [6.07, 6.45) is 3.60. The van der Waals surface area contributed by atoms with E-state index in [1.54, 1.807) is 0 Å². The van der Waals surface area contributed by atoms with Crippen LogP contribution in [0.5, 0.6) is 0 Å². The van der Waals surface area contributed by atoms with Crippen molar-refractivity contribution in [2.45, 2.75) is 51.6 Å². The average Bonchev–Trinajstić information content (AvgIpc) is 2.14. The second-order valence-corrected chi connectivity index (χ2v) is 5.72. The molecular formula is C12H25N3O. The molecule has 4 heteroatoms. The molecule has 0 aromatic heterocycles. The number of piperidine rings is 1. The van der Waals surface area contributed by atoms with Crippen molar-refractivity contribution < 1.29 is 4.79 Å². The summed E-state index contributed by atoms with van der Waals surface area (Å²) in [5.41, 5.74) is 5.40. The summed E-state index contributed by atoms with van der Waals surface area (Å²) in [7, 11) is 0. The molecule has 94 valence electrons. The van der Waals surface area contributed by atoms with Gasteiger partial charge in [0.2, 0.25) is 5.91 Å². The van der Waals surface area contributed by atoms with Crippen molar-refractivity contribution >= 4 is 5.91 Å². The molecular weight excluding hydrogens is 202 g/mol. The number of nitrogens with one attached hydrogen (secondary N) is 1. The summed E-state index contributed by atoms with van der Waals surface area (Å²) in [5, 5.41) is 3.50. The Bertz CT molecular complexity index is 235. The summed E-state index contributed by atoms with van der Waals surface area (Å²) < 4.78 is 0. The molecule has 0 bridgehead atoms. The highest BCUT2D eigenvalue weighted by atomic mass is 16.1. The molecule has 4 nitrogen and oxygen atoms in total. The Morgan fingerprint density at radius 3 is 2.69 bits per heavy atom. The molecule has 1 atom stereocenters. The first kappa shape index (κ1) is 13.5. The van der Waals surface area contributed by atoms with Crippen molar-refractivity contribution in [1.82, 2.24) is 10.2 Å². The van der Waals surface area contributed by atoms with E-state index < -0.39 is 0 Å². The van der Waals surface area contributed by atoms with Crippen LogP contribution in [0.1, 0.15) is 40.0 Å². The van der Waals surface area contributed by atoms with Gasteiger partial charge in [0.25, 0.3) is 0 Å². The minimum Gasteiger partial charge on any atom is -0.369 e. The molecule has 0 aromatic carbocycles. The van der Waals surface area contributed by atoms with E-state index in [-0.39, 0.29) is 11.4 Å². The number of likely N-dealkylation sites (tertiary alicyclic amines) is 1. The van der Waals surface area contributed by atoms with Gasteiger partial charge < -0.3 is 11.1 Å². The fraction of sp³-hybridized carbons (Fsp3) is 0.917. The molecule has 3 N–H and O–H groups in total. The molecule has 0 saturated carbocycles. The van der Waals surface area contributed by atoms with Crippen LogP contribution in [0.3, 0.4) is 0 Å². The van der Waals surface area contributed by atoms with E-state index >= 15 is 0 Å². The molecule has 1 saturated heterocycles. The lowest BCUT2D eigenvalue weighted by Gasteiger charge is -2.36. The highest BCUT2D eigenvalue weighted by Crippen LogP contribution is 2.16. The third-order valence-corrected chi connectivity index (χ3v) is 2.98. The third kappa shape index (κ3) is 4.94. The summed E-state index contributed by atoms with van der Waals surface area (Å²) in [4.78, 5) is 13.2. The molecule has 0 aliphatic carbocycles. The standard InChI is InChI=1S/C12H25N3O/c1-12(2,3)14-8-10-6-4-5-7-15(10)9-11(13)16/h10,14H,4-9H2,1-3H3,(H2,13,16). The fourth-order valence-corrected chi connectivity index (χ4v) is 2.12. The number of primary amides is 1. The number of hydrogen-bond acceptors (Lipinski definition) is 3. The molecule has 1 aliphatic heterocycles. The molecule has 1 aliphatic rings. The van der Waals surface area contributed by atoms with Gasteiger partial charge in [-0.2, -0.15) is 0 Å². The second kappa shape index (κ2) is 5.64. The first-order chi connectivity index (χ1) is 7.38. The topological polar surface area (TPSA) is 58.4 Å². The lowest BCUT2D eigenvalue weighted by molar-refractivity contribution is -0.120. The van der Waals surface area contributed by atoms with Gasteiger partial charge in [-0.15, -0.1) is 0 Å². The molecule has 1 unspecified atom stereocenters. The predicted molar refractivity (Wildman–Crippen MR) is 66.2 cm³/mol. The number of rotatable bonds is 4. The van der Waals surface area contributed by atoms with Crippen molar-refractivity contribution in [3.8, 4) is 0 Å². The maximum atomic E-state index is 11.0.